The van der Waals surface area contributed by atoms with Crippen LogP contribution in [0.4, 0.5) is 0 Å². The van der Waals surface area contributed by atoms with E-state index in [-0.39, 0.29) is 0 Å². The molecule has 0 aliphatic carbocycles. The normalized spacial score (nSPS) is 10.9. The Hall–Kier alpha value is -1.93. The zero-order valence-electron chi connectivity index (χ0n) is 9.53. The van der Waals surface area contributed by atoms with Gasteiger partial charge in [-0.05, 0) is 17.0 Å². The number of hydrogen-bond acceptors (Lipinski definition) is 6. The summed E-state index contributed by atoms with van der Waals surface area (Å²) >= 11 is 2.70. The van der Waals surface area contributed by atoms with Crippen molar-refractivity contribution < 1.29 is 9.90 Å². The molecule has 0 amide bonds. The monoisotopic (exact) mass is 292 g/mol. The fraction of sp³-hybridized carbons (Fsp3) is 0.0909. The molecule has 19 heavy (non-hydrogen) atoms. The molecule has 8 heteroatoms. The molecule has 0 saturated heterocycles. The average molecular weight is 292 g/mol. The van der Waals surface area contributed by atoms with Gasteiger partial charge in [0.2, 0.25) is 0 Å². The lowest BCUT2D eigenvalue weighted by Crippen LogP contribution is -1.96. The van der Waals surface area contributed by atoms with Gasteiger partial charge in [0.15, 0.2) is 5.65 Å². The van der Waals surface area contributed by atoms with Crippen LogP contribution < -0.4 is 0 Å². The number of aromatic nitrogens is 4. The standard InChI is InChI=1S/C11H8N4O2S2/c16-11(17)8-6(1-2-18-8)3-19-10-7-9(13-4-12-7)14-5-15-10/h1-2,4-5H,3H2,(H,16,17)(H,12,13,14,15). The van der Waals surface area contributed by atoms with Gasteiger partial charge in [-0.15, -0.1) is 11.3 Å². The van der Waals surface area contributed by atoms with Gasteiger partial charge in [0.1, 0.15) is 21.7 Å². The number of hydrogen-bond donors (Lipinski definition) is 2. The third-order valence-electron chi connectivity index (χ3n) is 2.49. The molecular weight excluding hydrogens is 284 g/mol. The second-order valence-electron chi connectivity index (χ2n) is 3.65. The average Bonchev–Trinajstić information content (AvgIpc) is 3.04. The Kier molecular flexibility index (Phi) is 3.18. The third-order valence-corrected chi connectivity index (χ3v) is 4.48. The van der Waals surface area contributed by atoms with Gasteiger partial charge in [-0.3, -0.25) is 0 Å². The van der Waals surface area contributed by atoms with E-state index >= 15 is 0 Å². The highest BCUT2D eigenvalue weighted by Gasteiger charge is 2.13. The summed E-state index contributed by atoms with van der Waals surface area (Å²) in [5, 5.41) is 11.6. The summed E-state index contributed by atoms with van der Waals surface area (Å²) in [6.07, 6.45) is 3.02. The second kappa shape index (κ2) is 4.98. The van der Waals surface area contributed by atoms with Crippen molar-refractivity contribution in [2.75, 3.05) is 0 Å². The van der Waals surface area contributed by atoms with E-state index in [1.807, 2.05) is 6.07 Å². The third kappa shape index (κ3) is 2.32. The fourth-order valence-corrected chi connectivity index (χ4v) is 3.44. The molecule has 0 fully saturated rings. The molecule has 6 nitrogen and oxygen atoms in total. The first-order valence-corrected chi connectivity index (χ1v) is 7.19. The molecule has 0 atom stereocenters. The number of aromatic carboxylic acids is 1. The van der Waals surface area contributed by atoms with Crippen LogP contribution in [0, 0.1) is 0 Å². The van der Waals surface area contributed by atoms with Crippen molar-refractivity contribution >= 4 is 40.2 Å². The number of nitrogens with zero attached hydrogens (tertiary/aromatic N) is 3. The summed E-state index contributed by atoms with van der Waals surface area (Å²) in [5.41, 5.74) is 2.19. The minimum Gasteiger partial charge on any atom is -0.477 e. The molecule has 2 N–H and O–H groups in total. The van der Waals surface area contributed by atoms with E-state index in [1.54, 1.807) is 11.7 Å². The van der Waals surface area contributed by atoms with Gasteiger partial charge in [0, 0.05) is 5.75 Å². The second-order valence-corrected chi connectivity index (χ2v) is 5.53. The Morgan fingerprint density at radius 2 is 2.32 bits per heavy atom. The van der Waals surface area contributed by atoms with E-state index in [4.69, 9.17) is 5.11 Å². The van der Waals surface area contributed by atoms with Crippen LogP contribution in [-0.4, -0.2) is 31.0 Å². The molecule has 3 aromatic rings. The molecule has 0 radical (unpaired) electrons. The maximum absolute atomic E-state index is 11.0. The van der Waals surface area contributed by atoms with E-state index in [0.29, 0.717) is 16.3 Å². The summed E-state index contributed by atoms with van der Waals surface area (Å²) in [7, 11) is 0. The molecule has 0 saturated carbocycles. The summed E-state index contributed by atoms with van der Waals surface area (Å²) in [6.45, 7) is 0. The van der Waals surface area contributed by atoms with Crippen molar-refractivity contribution in [2.45, 2.75) is 10.8 Å². The number of fused-ring (bicyclic) bond motifs is 1. The molecule has 0 aromatic carbocycles. The van der Waals surface area contributed by atoms with Crippen molar-refractivity contribution in [2.24, 2.45) is 0 Å². The molecular formula is C11H8N4O2S2. The van der Waals surface area contributed by atoms with Crippen molar-refractivity contribution in [3.63, 3.8) is 0 Å². The number of imidazole rings is 1. The van der Waals surface area contributed by atoms with Crippen LogP contribution in [-0.2, 0) is 5.75 Å². The highest BCUT2D eigenvalue weighted by molar-refractivity contribution is 7.98. The topological polar surface area (TPSA) is 91.8 Å². The van der Waals surface area contributed by atoms with E-state index in [9.17, 15) is 4.79 Å². The summed E-state index contributed by atoms with van der Waals surface area (Å²) < 4.78 is 0. The van der Waals surface area contributed by atoms with Crippen LogP contribution in [0.15, 0.2) is 29.1 Å². The number of thiophene rings is 1. The van der Waals surface area contributed by atoms with Gasteiger partial charge in [0.25, 0.3) is 0 Å². The van der Waals surface area contributed by atoms with Gasteiger partial charge < -0.3 is 10.1 Å². The number of carboxylic acids is 1. The predicted octanol–water partition coefficient (Wildman–Crippen LogP) is 2.40. The Balaban J connectivity index is 1.84. The van der Waals surface area contributed by atoms with Gasteiger partial charge in [-0.25, -0.2) is 19.7 Å². The summed E-state index contributed by atoms with van der Waals surface area (Å²) in [5.74, 6) is -0.337. The molecule has 0 unspecified atom stereocenters. The Labute approximate surface area is 115 Å². The highest BCUT2D eigenvalue weighted by atomic mass is 32.2. The number of carbonyl (C=O) groups is 1. The van der Waals surface area contributed by atoms with E-state index in [0.717, 1.165) is 16.1 Å². The van der Waals surface area contributed by atoms with Crippen molar-refractivity contribution in [3.05, 3.63) is 34.5 Å². The van der Waals surface area contributed by atoms with Gasteiger partial charge in [0.05, 0.1) is 6.33 Å². The fourth-order valence-electron chi connectivity index (χ4n) is 1.64. The molecule has 0 bridgehead atoms. The molecule has 96 valence electrons. The zero-order valence-corrected chi connectivity index (χ0v) is 11.2. The lowest BCUT2D eigenvalue weighted by molar-refractivity contribution is 0.0701. The number of carboxylic acid groups (broad SMARTS) is 1. The van der Waals surface area contributed by atoms with Gasteiger partial charge >= 0.3 is 5.97 Å². The molecule has 3 aromatic heterocycles. The van der Waals surface area contributed by atoms with Crippen LogP contribution >= 0.6 is 23.1 Å². The van der Waals surface area contributed by atoms with Crippen LogP contribution in [0.1, 0.15) is 15.2 Å². The summed E-state index contributed by atoms with van der Waals surface area (Å²) in [4.78, 5) is 26.7. The first-order valence-electron chi connectivity index (χ1n) is 5.32. The highest BCUT2D eigenvalue weighted by Crippen LogP contribution is 2.28. The quantitative estimate of drug-likeness (QED) is 0.566. The number of aromatic amines is 1. The predicted molar refractivity (Wildman–Crippen MR) is 72.5 cm³/mol. The van der Waals surface area contributed by atoms with Gasteiger partial charge in [-0.1, -0.05) is 11.8 Å². The smallest absolute Gasteiger partial charge is 0.346 e. The van der Waals surface area contributed by atoms with E-state index < -0.39 is 5.97 Å². The molecule has 3 heterocycles. The minimum atomic E-state index is -0.889. The Bertz CT molecular complexity index is 737. The maximum Gasteiger partial charge on any atom is 0.346 e. The SMILES string of the molecule is O=C(O)c1sccc1CSc1ncnc2nc[nH]c12. The number of nitrogens with one attached hydrogen (secondary N) is 1. The lowest BCUT2D eigenvalue weighted by Gasteiger charge is -2.01. The Morgan fingerprint density at radius 1 is 1.42 bits per heavy atom. The summed E-state index contributed by atoms with van der Waals surface area (Å²) in [6, 6.07) is 1.83. The lowest BCUT2D eigenvalue weighted by atomic mass is 10.3. The molecule has 0 spiro atoms. The first kappa shape index (κ1) is 12.1. The number of thioether (sulfide) groups is 1. The van der Waals surface area contributed by atoms with Crippen molar-refractivity contribution in [3.8, 4) is 0 Å². The Morgan fingerprint density at radius 3 is 3.16 bits per heavy atom. The molecule has 3 rings (SSSR count). The van der Waals surface area contributed by atoms with E-state index in [1.165, 1.54) is 29.4 Å². The van der Waals surface area contributed by atoms with Gasteiger partial charge in [-0.2, -0.15) is 0 Å². The van der Waals surface area contributed by atoms with Crippen LogP contribution in [0.2, 0.25) is 0 Å². The molecule has 0 aliphatic rings. The van der Waals surface area contributed by atoms with Crippen molar-refractivity contribution in [1.82, 2.24) is 19.9 Å². The van der Waals surface area contributed by atoms with Crippen LogP contribution in [0.25, 0.3) is 11.2 Å². The van der Waals surface area contributed by atoms with E-state index in [2.05, 4.69) is 19.9 Å². The first-order chi connectivity index (χ1) is 9.25. The number of H-pyrrole nitrogens is 1. The van der Waals surface area contributed by atoms with Crippen LogP contribution in [0.5, 0.6) is 0 Å². The van der Waals surface area contributed by atoms with Crippen LogP contribution in [0.3, 0.4) is 0 Å². The largest absolute Gasteiger partial charge is 0.477 e. The number of rotatable bonds is 4. The minimum absolute atomic E-state index is 0.377. The van der Waals surface area contributed by atoms with Crippen molar-refractivity contribution in [1.29, 1.82) is 0 Å². The molecule has 0 aliphatic heterocycles. The maximum atomic E-state index is 11.0. The zero-order chi connectivity index (χ0) is 13.2.